The number of nitrogens with zero attached hydrogens (tertiary/aromatic N) is 1. The molecule has 35 heavy (non-hydrogen) atoms. The smallest absolute Gasteiger partial charge is 0.335 e. The molecule has 2 N–H and O–H groups in total. The zero-order valence-corrected chi connectivity index (χ0v) is 30.9. The van der Waals surface area contributed by atoms with Gasteiger partial charge in [0.05, 0.1) is 25.4 Å². The number of aliphatic hydroxyl groups is 2. The van der Waals surface area contributed by atoms with Gasteiger partial charge in [0.2, 0.25) is 0 Å². The van der Waals surface area contributed by atoms with E-state index in [4.69, 9.17) is 9.47 Å². The molecule has 0 aromatic rings. The summed E-state index contributed by atoms with van der Waals surface area (Å²) < 4.78 is 10.4. The predicted octanol–water partition coefficient (Wildman–Crippen LogP) is 2.61. The molecule has 9 heteroatoms. The normalized spacial score (nSPS) is 37.9. The van der Waals surface area contributed by atoms with Gasteiger partial charge < -0.3 is 19.7 Å². The number of aliphatic hydroxyl groups excluding tert-OH is 2. The zero-order chi connectivity index (χ0) is 24.0. The second kappa shape index (κ2) is 13.0. The van der Waals surface area contributed by atoms with Gasteiger partial charge in [0.1, 0.15) is 12.6 Å². The van der Waals surface area contributed by atoms with Crippen molar-refractivity contribution in [3.05, 3.63) is 23.8 Å². The van der Waals surface area contributed by atoms with Crippen molar-refractivity contribution < 1.29 is 117 Å². The first-order valence-corrected chi connectivity index (χ1v) is 12.3. The van der Waals surface area contributed by atoms with Crippen molar-refractivity contribution in [3.63, 3.8) is 0 Å². The summed E-state index contributed by atoms with van der Waals surface area (Å²) in [5.74, 6) is -0.315. The maximum Gasteiger partial charge on any atom is 0.335 e. The number of hydrogen-bond acceptors (Lipinski definition) is 7. The van der Waals surface area contributed by atoms with E-state index in [1.54, 1.807) is 0 Å². The third kappa shape index (κ3) is 5.88. The minimum absolute atomic E-state index is 0. The Morgan fingerprint density at radius 2 is 2.03 bits per heavy atom. The van der Waals surface area contributed by atoms with E-state index in [2.05, 4.69) is 18.4 Å². The van der Waals surface area contributed by atoms with Gasteiger partial charge >= 0.3 is 11.9 Å². The first kappa shape index (κ1) is 32.4. The van der Waals surface area contributed by atoms with E-state index in [-0.39, 0.29) is 143 Å². The molecule has 2 aliphatic heterocycles. The van der Waals surface area contributed by atoms with Crippen LogP contribution in [-0.2, 0) is 19.1 Å². The summed E-state index contributed by atoms with van der Waals surface area (Å²) in [6.07, 6.45) is 6.79. The van der Waals surface area contributed by atoms with E-state index in [0.29, 0.717) is 24.8 Å². The van der Waals surface area contributed by atoms with Crippen LogP contribution in [0.15, 0.2) is 23.8 Å². The van der Waals surface area contributed by atoms with Crippen molar-refractivity contribution in [1.82, 2.24) is 4.90 Å². The number of carbonyl (C=O) groups excluding carboxylic acids is 2. The number of hydrogen-bond donors (Lipinski definition) is 2. The molecule has 1 saturated heterocycles. The summed E-state index contributed by atoms with van der Waals surface area (Å²) in [6, 6.07) is -0.623. The van der Waals surface area contributed by atoms with Gasteiger partial charge in [-0.05, 0) is 74.8 Å². The fraction of sp³-hybridized carbons (Fsp3) is 0.769. The summed E-state index contributed by atoms with van der Waals surface area (Å²) in [7, 11) is 1.41. The maximum atomic E-state index is 12.7. The van der Waals surface area contributed by atoms with Crippen LogP contribution in [0.4, 0.5) is 0 Å². The van der Waals surface area contributed by atoms with Crippen molar-refractivity contribution in [1.29, 1.82) is 0 Å². The van der Waals surface area contributed by atoms with Gasteiger partial charge in [-0.25, -0.2) is 4.79 Å². The van der Waals surface area contributed by atoms with Crippen molar-refractivity contribution >= 4 is 11.9 Å². The number of allylic oxidation sites excluding steroid dienone is 1. The van der Waals surface area contributed by atoms with E-state index < -0.39 is 11.5 Å². The molecule has 3 fully saturated rings. The summed E-state index contributed by atoms with van der Waals surface area (Å²) in [5, 5.41) is 21.1. The molecule has 0 bridgehead atoms. The van der Waals surface area contributed by atoms with Crippen molar-refractivity contribution in [2.75, 3.05) is 26.9 Å². The molecule has 0 aromatic heterocycles. The largest absolute Gasteiger partial charge is 0.468 e. The van der Waals surface area contributed by atoms with Crippen LogP contribution < -0.4 is 0 Å². The molecule has 7 atom stereocenters. The first-order valence-electron chi connectivity index (χ1n) is 12.3. The predicted molar refractivity (Wildman–Crippen MR) is 123 cm³/mol. The Kier molecular flexibility index (Phi) is 12.1. The minimum atomic E-state index is -0.560. The van der Waals surface area contributed by atoms with Crippen LogP contribution >= 0.6 is 0 Å². The van der Waals surface area contributed by atoms with E-state index in [1.165, 1.54) is 7.11 Å². The third-order valence-electron chi connectivity index (χ3n) is 9.43. The topological polar surface area (TPSA) is 96.3 Å². The Morgan fingerprint density at radius 3 is 2.63 bits per heavy atom. The Labute approximate surface area is 280 Å². The monoisotopic (exact) mass is 915 g/mol. The average Bonchev–Trinajstić information content (AvgIpc) is 3.45. The van der Waals surface area contributed by atoms with Gasteiger partial charge in [-0.1, -0.05) is 26.0 Å². The molecule has 2 heterocycles. The third-order valence-corrected chi connectivity index (χ3v) is 9.43. The van der Waals surface area contributed by atoms with Crippen molar-refractivity contribution in [3.8, 4) is 0 Å². The van der Waals surface area contributed by atoms with Gasteiger partial charge in [-0.3, -0.25) is 9.69 Å². The second-order valence-electron chi connectivity index (χ2n) is 11.0. The summed E-state index contributed by atoms with van der Waals surface area (Å²) in [4.78, 5) is 27.4. The Balaban J connectivity index is 0.00000216. The van der Waals surface area contributed by atoms with E-state index in [9.17, 15) is 19.8 Å². The molecule has 2 aliphatic carbocycles. The van der Waals surface area contributed by atoms with Crippen molar-refractivity contribution in [2.24, 2.45) is 22.7 Å². The number of ether oxygens (including phenoxy) is 2. The SMILES string of the molecule is C=C1CCC2[C@](C)(CO)C(O)CC[C@]2(C)[C@H]1CC(C1=CCOC1=O)N1CCCC1C(=O)OC.[Ac].[Ac]. The molecule has 2 saturated carbocycles. The Morgan fingerprint density at radius 1 is 1.31 bits per heavy atom. The van der Waals surface area contributed by atoms with Crippen LogP contribution in [0, 0.1) is 111 Å². The number of methoxy groups -OCH3 is 1. The van der Waals surface area contributed by atoms with Crippen LogP contribution in [0.2, 0.25) is 0 Å². The zero-order valence-electron chi connectivity index (χ0n) is 21.4. The maximum absolute atomic E-state index is 12.7. The summed E-state index contributed by atoms with van der Waals surface area (Å²) in [6.45, 7) is 9.67. The molecule has 190 valence electrons. The van der Waals surface area contributed by atoms with Crippen LogP contribution in [-0.4, -0.2) is 72.1 Å². The van der Waals surface area contributed by atoms with Crippen LogP contribution in [0.1, 0.15) is 58.8 Å². The van der Waals surface area contributed by atoms with Gasteiger partial charge in [0.15, 0.2) is 0 Å². The molecular weight excluding hydrogens is 876 g/mol. The number of carbonyl (C=O) groups is 2. The molecule has 2 radical (unpaired) electrons. The molecule has 0 spiro atoms. The molecule has 4 rings (SSSR count). The van der Waals surface area contributed by atoms with Gasteiger partial charge in [0, 0.05) is 99.6 Å². The number of cyclic esters (lactones) is 1. The molecule has 7 nitrogen and oxygen atoms in total. The van der Waals surface area contributed by atoms with Crippen LogP contribution in [0.3, 0.4) is 0 Å². The fourth-order valence-corrected chi connectivity index (χ4v) is 7.50. The second-order valence-corrected chi connectivity index (χ2v) is 11.0. The van der Waals surface area contributed by atoms with E-state index in [0.717, 1.165) is 37.8 Å². The number of fused-ring (bicyclic) bond motifs is 1. The molecular formula is C26H39Ac2NO6. The Bertz CT molecular complexity index is 850. The van der Waals surface area contributed by atoms with Gasteiger partial charge in [-0.2, -0.15) is 0 Å². The summed E-state index contributed by atoms with van der Waals surface area (Å²) >= 11 is 0. The Hall–Kier alpha value is 1.18. The van der Waals surface area contributed by atoms with Crippen LogP contribution in [0.5, 0.6) is 0 Å². The van der Waals surface area contributed by atoms with E-state index in [1.807, 2.05) is 13.0 Å². The van der Waals surface area contributed by atoms with Crippen LogP contribution in [0.25, 0.3) is 0 Å². The van der Waals surface area contributed by atoms with Gasteiger partial charge in [0.25, 0.3) is 0 Å². The first-order chi connectivity index (χ1) is 15.7. The quantitative estimate of drug-likeness (QED) is 0.313. The summed E-state index contributed by atoms with van der Waals surface area (Å²) in [5.41, 5.74) is 1.07. The molecule has 4 aliphatic rings. The number of rotatable bonds is 6. The fourth-order valence-electron chi connectivity index (χ4n) is 7.50. The van der Waals surface area contributed by atoms with E-state index >= 15 is 0 Å². The number of likely N-dealkylation sites (tertiary alicyclic amines) is 1. The van der Waals surface area contributed by atoms with Gasteiger partial charge in [-0.15, -0.1) is 0 Å². The average molecular weight is 916 g/mol. The standard InChI is InChI=1S/C26H39NO6.2Ac/c1-16-7-8-21-25(2,11-9-22(29)26(21,3)15-28)18(16)14-20(17-10-13-33-23(17)30)27-12-5-6-19(27)24(31)32-4;;/h10,18-22,28-29H,1,5-9,11-15H2,2-4H3;;/t18-,19?,20?,21?,22?,25+,26-;;/m0../s1. The molecule has 0 amide bonds. The molecule has 0 aromatic carbocycles. The number of esters is 2. The molecule has 4 unspecified atom stereocenters. The minimum Gasteiger partial charge on any atom is -0.468 e. The van der Waals surface area contributed by atoms with Crippen molar-refractivity contribution in [2.45, 2.75) is 77.0 Å².